The third-order valence-corrected chi connectivity index (χ3v) is 3.66. The first kappa shape index (κ1) is 18.0. The molecule has 132 valence electrons. The summed E-state index contributed by atoms with van der Waals surface area (Å²) in [5.41, 5.74) is 0.257. The van der Waals surface area contributed by atoms with Crippen molar-refractivity contribution in [3.63, 3.8) is 0 Å². The molecule has 0 aromatic rings. The van der Waals surface area contributed by atoms with Crippen LogP contribution in [0.25, 0.3) is 0 Å². The van der Waals surface area contributed by atoms with E-state index in [2.05, 4.69) is 0 Å². The number of rotatable bonds is 7. The van der Waals surface area contributed by atoms with Gasteiger partial charge in [0.1, 0.15) is 12.8 Å². The van der Waals surface area contributed by atoms with Gasteiger partial charge in [-0.2, -0.15) is 0 Å². The number of carbonyl (C=O) groups excluding carboxylic acids is 1. The molecule has 9 heteroatoms. The molecule has 0 aromatic carbocycles. The third-order valence-electron chi connectivity index (χ3n) is 3.66. The van der Waals surface area contributed by atoms with Crippen LogP contribution in [0.3, 0.4) is 0 Å². The lowest BCUT2D eigenvalue weighted by atomic mass is 10.1. The number of ether oxygens (including phenoxy) is 2. The summed E-state index contributed by atoms with van der Waals surface area (Å²) in [7, 11) is 0. The molecule has 24 heavy (non-hydrogen) atoms. The molecule has 0 saturated carbocycles. The van der Waals surface area contributed by atoms with Crippen molar-refractivity contribution in [1.29, 1.82) is 0 Å². The summed E-state index contributed by atoms with van der Waals surface area (Å²) >= 11 is 0. The lowest BCUT2D eigenvalue weighted by Crippen LogP contribution is -2.31. The van der Waals surface area contributed by atoms with E-state index in [-0.39, 0.29) is 18.4 Å². The van der Waals surface area contributed by atoms with E-state index in [0.29, 0.717) is 19.3 Å². The Balaban J connectivity index is 1.80. The van der Waals surface area contributed by atoms with Crippen LogP contribution in [0.1, 0.15) is 25.7 Å². The number of carboxylic acids is 2. The Labute approximate surface area is 137 Å². The number of allylic oxidation sites excluding steroid dienone is 1. The van der Waals surface area contributed by atoms with Crippen LogP contribution >= 0.6 is 0 Å². The molecule has 2 aliphatic heterocycles. The first-order valence-corrected chi connectivity index (χ1v) is 7.47. The first-order chi connectivity index (χ1) is 11.4. The Hall–Kier alpha value is -2.39. The van der Waals surface area contributed by atoms with Gasteiger partial charge in [0, 0.05) is 18.8 Å². The molecule has 1 saturated heterocycles. The van der Waals surface area contributed by atoms with Gasteiger partial charge in [-0.25, -0.2) is 9.59 Å². The van der Waals surface area contributed by atoms with Crippen molar-refractivity contribution in [2.45, 2.75) is 44.1 Å². The summed E-state index contributed by atoms with van der Waals surface area (Å²) in [6.07, 6.45) is 3.36. The average Bonchev–Trinajstić information content (AvgIpc) is 3.01. The van der Waals surface area contributed by atoms with Gasteiger partial charge in [0.15, 0.2) is 6.10 Å². The predicted molar refractivity (Wildman–Crippen MR) is 78.4 cm³/mol. The van der Waals surface area contributed by atoms with Crippen molar-refractivity contribution in [1.82, 2.24) is 4.90 Å². The maximum absolute atomic E-state index is 11.4. The highest BCUT2D eigenvalue weighted by atomic mass is 16.6. The minimum Gasteiger partial charge on any atom is -0.481 e. The molecule has 2 heterocycles. The maximum atomic E-state index is 11.4. The molecule has 9 nitrogen and oxygen atoms in total. The summed E-state index contributed by atoms with van der Waals surface area (Å²) in [5.74, 6) is -3.29. The summed E-state index contributed by atoms with van der Waals surface area (Å²) in [4.78, 5) is 34.5. The molecule has 0 bridgehead atoms. The van der Waals surface area contributed by atoms with Gasteiger partial charge in [0.2, 0.25) is 0 Å². The zero-order chi connectivity index (χ0) is 17.7. The van der Waals surface area contributed by atoms with Crippen molar-refractivity contribution >= 4 is 17.9 Å². The van der Waals surface area contributed by atoms with E-state index in [9.17, 15) is 19.5 Å². The molecule has 3 unspecified atom stereocenters. The van der Waals surface area contributed by atoms with Crippen molar-refractivity contribution in [2.75, 3.05) is 6.61 Å². The molecule has 0 aliphatic carbocycles. The average molecular weight is 341 g/mol. The molecule has 0 radical (unpaired) electrons. The van der Waals surface area contributed by atoms with Gasteiger partial charge in [-0.3, -0.25) is 4.79 Å². The summed E-state index contributed by atoms with van der Waals surface area (Å²) in [5, 5.41) is 26.8. The SMILES string of the molecule is O=C(O)CC(O)C(=O)OCC1CCC(N2C=CCC(C(=O)O)=C2)O1. The highest BCUT2D eigenvalue weighted by molar-refractivity contribution is 5.87. The van der Waals surface area contributed by atoms with Gasteiger partial charge in [-0.1, -0.05) is 6.08 Å². The number of hydrogen-bond acceptors (Lipinski definition) is 7. The van der Waals surface area contributed by atoms with Crippen LogP contribution in [-0.2, 0) is 23.9 Å². The van der Waals surface area contributed by atoms with Gasteiger partial charge in [-0.05, 0) is 12.8 Å². The first-order valence-electron chi connectivity index (χ1n) is 7.47. The fraction of sp³-hybridized carbons (Fsp3) is 0.533. The number of carbonyl (C=O) groups is 3. The summed E-state index contributed by atoms with van der Waals surface area (Å²) in [6, 6.07) is 0. The van der Waals surface area contributed by atoms with E-state index in [1.165, 1.54) is 6.20 Å². The van der Waals surface area contributed by atoms with E-state index in [1.54, 1.807) is 17.2 Å². The fourth-order valence-electron chi connectivity index (χ4n) is 2.45. The zero-order valence-electron chi connectivity index (χ0n) is 12.8. The van der Waals surface area contributed by atoms with Crippen LogP contribution in [0.5, 0.6) is 0 Å². The minimum absolute atomic E-state index is 0.0981. The lowest BCUT2D eigenvalue weighted by molar-refractivity contribution is -0.162. The molecule has 0 aromatic heterocycles. The second-order valence-corrected chi connectivity index (χ2v) is 5.53. The van der Waals surface area contributed by atoms with Crippen LogP contribution in [0.15, 0.2) is 24.0 Å². The molecule has 0 spiro atoms. The molecular weight excluding hydrogens is 322 g/mol. The van der Waals surface area contributed by atoms with Crippen molar-refractivity contribution in [3.05, 3.63) is 24.0 Å². The van der Waals surface area contributed by atoms with Crippen LogP contribution < -0.4 is 0 Å². The van der Waals surface area contributed by atoms with E-state index in [0.717, 1.165) is 0 Å². The molecule has 3 N–H and O–H groups in total. The molecule has 1 fully saturated rings. The number of nitrogens with zero attached hydrogens (tertiary/aromatic N) is 1. The Morgan fingerprint density at radius 2 is 2.08 bits per heavy atom. The van der Waals surface area contributed by atoms with Gasteiger partial charge >= 0.3 is 17.9 Å². The monoisotopic (exact) mass is 341 g/mol. The smallest absolute Gasteiger partial charge is 0.335 e. The summed E-state index contributed by atoms with van der Waals surface area (Å²) in [6.45, 7) is -0.0981. The van der Waals surface area contributed by atoms with Crippen LogP contribution in [0.4, 0.5) is 0 Å². The predicted octanol–water partition coefficient (Wildman–Crippen LogP) is 0.0582. The minimum atomic E-state index is -1.70. The topological polar surface area (TPSA) is 134 Å². The molecule has 2 aliphatic rings. The van der Waals surface area contributed by atoms with Crippen molar-refractivity contribution < 1.29 is 39.2 Å². The van der Waals surface area contributed by atoms with Gasteiger partial charge in [0.05, 0.1) is 18.1 Å². The van der Waals surface area contributed by atoms with Crippen LogP contribution in [0.2, 0.25) is 0 Å². The van der Waals surface area contributed by atoms with E-state index >= 15 is 0 Å². The second kappa shape index (κ2) is 7.93. The highest BCUT2D eigenvalue weighted by Gasteiger charge is 2.31. The second-order valence-electron chi connectivity index (χ2n) is 5.53. The number of esters is 1. The van der Waals surface area contributed by atoms with Crippen molar-refractivity contribution in [2.24, 2.45) is 0 Å². The third kappa shape index (κ3) is 4.80. The zero-order valence-corrected chi connectivity index (χ0v) is 12.8. The van der Waals surface area contributed by atoms with E-state index in [4.69, 9.17) is 19.7 Å². The van der Waals surface area contributed by atoms with Gasteiger partial charge < -0.3 is 29.7 Å². The highest BCUT2D eigenvalue weighted by Crippen LogP contribution is 2.26. The van der Waals surface area contributed by atoms with Gasteiger partial charge in [-0.15, -0.1) is 0 Å². The largest absolute Gasteiger partial charge is 0.481 e. The molecule has 0 amide bonds. The maximum Gasteiger partial charge on any atom is 0.335 e. The number of carboxylic acid groups (broad SMARTS) is 2. The fourth-order valence-corrected chi connectivity index (χ4v) is 2.45. The molecule has 2 rings (SSSR count). The standard InChI is InChI=1S/C15H19NO8/c17-11(6-13(18)19)15(22)23-8-10-3-4-12(24-10)16-5-1-2-9(7-16)14(20)21/h1,5,7,10-12,17H,2-4,6,8H2,(H,18,19)(H,20,21). The van der Waals surface area contributed by atoms with Crippen LogP contribution in [0, 0.1) is 0 Å². The van der Waals surface area contributed by atoms with E-state index < -0.39 is 36.5 Å². The van der Waals surface area contributed by atoms with Gasteiger partial charge in [0.25, 0.3) is 0 Å². The summed E-state index contributed by atoms with van der Waals surface area (Å²) < 4.78 is 10.6. The number of aliphatic carboxylic acids is 2. The number of aliphatic hydroxyl groups is 1. The molecular formula is C15H19NO8. The number of hydrogen-bond donors (Lipinski definition) is 3. The van der Waals surface area contributed by atoms with Crippen molar-refractivity contribution in [3.8, 4) is 0 Å². The number of aliphatic hydroxyl groups excluding tert-OH is 1. The Kier molecular flexibility index (Phi) is 5.93. The van der Waals surface area contributed by atoms with E-state index in [1.807, 2.05) is 0 Å². The normalized spacial score (nSPS) is 24.4. The Bertz CT molecular complexity index is 570. The quantitative estimate of drug-likeness (QED) is 0.549. The Morgan fingerprint density at radius 3 is 2.75 bits per heavy atom. The molecule has 3 atom stereocenters. The van der Waals surface area contributed by atoms with Crippen LogP contribution in [-0.4, -0.2) is 63.2 Å². The Morgan fingerprint density at radius 1 is 1.33 bits per heavy atom. The lowest BCUT2D eigenvalue weighted by Gasteiger charge is -2.26.